The van der Waals surface area contributed by atoms with Gasteiger partial charge in [0.1, 0.15) is 11.6 Å². The van der Waals surface area contributed by atoms with E-state index in [1.54, 1.807) is 0 Å². The van der Waals surface area contributed by atoms with Crippen LogP contribution in [0, 0.1) is 0 Å². The Balaban J connectivity index is 1.94. The van der Waals surface area contributed by atoms with Crippen LogP contribution < -0.4 is 16.6 Å². The topological polar surface area (TPSA) is 79.1 Å². The van der Waals surface area contributed by atoms with Crippen LogP contribution in [0.15, 0.2) is 11.2 Å². The molecule has 6 nitrogen and oxygen atoms in total. The molecule has 1 aromatic heterocycles. The molecule has 2 rings (SSSR count). The van der Waals surface area contributed by atoms with Crippen molar-refractivity contribution in [1.29, 1.82) is 0 Å². The minimum Gasteiger partial charge on any atom is -0.368 e. The van der Waals surface area contributed by atoms with E-state index >= 15 is 0 Å². The summed E-state index contributed by atoms with van der Waals surface area (Å²) in [4.78, 5) is 11.1. The molecule has 1 fully saturated rings. The van der Waals surface area contributed by atoms with E-state index in [4.69, 9.17) is 5.84 Å². The Labute approximate surface area is 118 Å². The first-order chi connectivity index (χ1) is 9.13. The Hall–Kier alpha value is -1.05. The van der Waals surface area contributed by atoms with E-state index in [2.05, 4.69) is 39.6 Å². The molecule has 1 heterocycles. The van der Waals surface area contributed by atoms with Crippen molar-refractivity contribution in [2.45, 2.75) is 37.0 Å². The van der Waals surface area contributed by atoms with Gasteiger partial charge in [-0.05, 0) is 33.1 Å². The van der Waals surface area contributed by atoms with Crippen LogP contribution in [-0.2, 0) is 0 Å². The molecule has 0 aliphatic heterocycles. The van der Waals surface area contributed by atoms with E-state index in [1.807, 2.05) is 12.3 Å². The molecule has 1 unspecified atom stereocenters. The van der Waals surface area contributed by atoms with E-state index in [1.165, 1.54) is 24.6 Å². The lowest BCUT2D eigenvalue weighted by Crippen LogP contribution is -2.36. The molecular formula is C12H22N6S. The Morgan fingerprint density at radius 2 is 2.16 bits per heavy atom. The smallest absolute Gasteiger partial charge is 0.191 e. The SMILES string of the molecule is CSc1nc(NN)cc(NCC(C)N(C)C2CC2)n1. The third-order valence-corrected chi connectivity index (χ3v) is 3.98. The predicted octanol–water partition coefficient (Wildman–Crippen LogP) is 1.38. The molecule has 106 valence electrons. The van der Waals surface area contributed by atoms with Crippen LogP contribution in [0.5, 0.6) is 0 Å². The van der Waals surface area contributed by atoms with Crippen LogP contribution in [0.3, 0.4) is 0 Å². The Morgan fingerprint density at radius 1 is 1.47 bits per heavy atom. The van der Waals surface area contributed by atoms with Gasteiger partial charge in [0.05, 0.1) is 0 Å². The molecule has 1 aliphatic rings. The molecule has 1 aliphatic carbocycles. The molecule has 0 aromatic carbocycles. The van der Waals surface area contributed by atoms with E-state index in [-0.39, 0.29) is 0 Å². The van der Waals surface area contributed by atoms with Gasteiger partial charge in [0.2, 0.25) is 0 Å². The molecule has 1 saturated carbocycles. The number of nitrogen functional groups attached to an aromatic ring is 1. The fraction of sp³-hybridized carbons (Fsp3) is 0.667. The number of thioether (sulfide) groups is 1. The molecular weight excluding hydrogens is 260 g/mol. The quantitative estimate of drug-likeness (QED) is 0.302. The number of anilines is 2. The highest BCUT2D eigenvalue weighted by atomic mass is 32.2. The first-order valence-corrected chi connectivity index (χ1v) is 7.72. The lowest BCUT2D eigenvalue weighted by atomic mass is 10.3. The van der Waals surface area contributed by atoms with Crippen LogP contribution in [0.25, 0.3) is 0 Å². The second kappa shape index (κ2) is 6.40. The number of hydrogen-bond donors (Lipinski definition) is 3. The molecule has 1 aromatic rings. The number of aromatic nitrogens is 2. The van der Waals surface area contributed by atoms with Crippen molar-refractivity contribution in [1.82, 2.24) is 14.9 Å². The molecule has 4 N–H and O–H groups in total. The van der Waals surface area contributed by atoms with Gasteiger partial charge in [-0.3, -0.25) is 4.90 Å². The maximum absolute atomic E-state index is 5.41. The summed E-state index contributed by atoms with van der Waals surface area (Å²) in [5.74, 6) is 6.85. The van der Waals surface area contributed by atoms with Gasteiger partial charge in [0, 0.05) is 24.7 Å². The first-order valence-electron chi connectivity index (χ1n) is 6.49. The number of nitrogens with two attached hydrogens (primary N) is 1. The third kappa shape index (κ3) is 3.95. The molecule has 19 heavy (non-hydrogen) atoms. The normalized spacial score (nSPS) is 16.5. The highest BCUT2D eigenvalue weighted by Crippen LogP contribution is 2.27. The second-order valence-electron chi connectivity index (χ2n) is 4.90. The summed E-state index contributed by atoms with van der Waals surface area (Å²) in [5.41, 5.74) is 2.57. The summed E-state index contributed by atoms with van der Waals surface area (Å²) in [6.07, 6.45) is 4.60. The van der Waals surface area contributed by atoms with Gasteiger partial charge in [-0.1, -0.05) is 11.8 Å². The summed E-state index contributed by atoms with van der Waals surface area (Å²) in [6, 6.07) is 3.07. The zero-order valence-electron chi connectivity index (χ0n) is 11.7. The monoisotopic (exact) mass is 282 g/mol. The highest BCUT2D eigenvalue weighted by Gasteiger charge is 2.28. The molecule has 0 radical (unpaired) electrons. The Bertz CT molecular complexity index is 400. The van der Waals surface area contributed by atoms with Crippen molar-refractivity contribution in [3.63, 3.8) is 0 Å². The first kappa shape index (κ1) is 14.4. The summed E-state index contributed by atoms with van der Waals surface area (Å²) in [5, 5.41) is 4.07. The Kier molecular flexibility index (Phi) is 4.84. The molecule has 7 heteroatoms. The average Bonchev–Trinajstić information content (AvgIpc) is 3.27. The van der Waals surface area contributed by atoms with Crippen molar-refractivity contribution in [3.05, 3.63) is 6.07 Å². The number of rotatable bonds is 7. The van der Waals surface area contributed by atoms with Crippen molar-refractivity contribution in [2.24, 2.45) is 5.84 Å². The minimum atomic E-state index is 0.481. The second-order valence-corrected chi connectivity index (χ2v) is 5.67. The van der Waals surface area contributed by atoms with E-state index in [9.17, 15) is 0 Å². The van der Waals surface area contributed by atoms with Crippen LogP contribution in [0.4, 0.5) is 11.6 Å². The van der Waals surface area contributed by atoms with E-state index in [0.717, 1.165) is 18.4 Å². The molecule has 0 saturated heterocycles. The molecule has 1 atom stereocenters. The molecule has 0 amide bonds. The van der Waals surface area contributed by atoms with Gasteiger partial charge >= 0.3 is 0 Å². The summed E-state index contributed by atoms with van der Waals surface area (Å²) >= 11 is 1.50. The van der Waals surface area contributed by atoms with Crippen molar-refractivity contribution < 1.29 is 0 Å². The lowest BCUT2D eigenvalue weighted by molar-refractivity contribution is 0.257. The van der Waals surface area contributed by atoms with Gasteiger partial charge in [-0.2, -0.15) is 0 Å². The van der Waals surface area contributed by atoms with Crippen LogP contribution in [0.2, 0.25) is 0 Å². The fourth-order valence-electron chi connectivity index (χ4n) is 1.92. The summed E-state index contributed by atoms with van der Waals surface area (Å²) in [7, 11) is 2.18. The lowest BCUT2D eigenvalue weighted by Gasteiger charge is -2.24. The number of hydrazine groups is 1. The average molecular weight is 282 g/mol. The van der Waals surface area contributed by atoms with Gasteiger partial charge < -0.3 is 10.7 Å². The van der Waals surface area contributed by atoms with Gasteiger partial charge in [-0.15, -0.1) is 0 Å². The highest BCUT2D eigenvalue weighted by molar-refractivity contribution is 7.98. The zero-order valence-corrected chi connectivity index (χ0v) is 12.5. The number of nitrogens with one attached hydrogen (secondary N) is 2. The van der Waals surface area contributed by atoms with Gasteiger partial charge in [0.25, 0.3) is 0 Å². The van der Waals surface area contributed by atoms with Crippen molar-refractivity contribution in [3.8, 4) is 0 Å². The van der Waals surface area contributed by atoms with Crippen molar-refractivity contribution >= 4 is 23.4 Å². The van der Waals surface area contributed by atoms with E-state index < -0.39 is 0 Å². The number of hydrogen-bond acceptors (Lipinski definition) is 7. The summed E-state index contributed by atoms with van der Waals surface area (Å²) in [6.45, 7) is 3.09. The predicted molar refractivity (Wildman–Crippen MR) is 80.4 cm³/mol. The molecule has 0 bridgehead atoms. The summed E-state index contributed by atoms with van der Waals surface area (Å²) < 4.78 is 0. The fourth-order valence-corrected chi connectivity index (χ4v) is 2.30. The standard InChI is InChI=1S/C12H22N6S/c1-8(18(2)9-4-5-9)7-14-10-6-11(17-13)16-12(15-10)19-3/h6,8-9H,4-5,7,13H2,1-3H3,(H2,14,15,16,17). The minimum absolute atomic E-state index is 0.481. The maximum atomic E-state index is 5.41. The zero-order chi connectivity index (χ0) is 13.8. The van der Waals surface area contributed by atoms with Gasteiger partial charge in [-0.25, -0.2) is 15.8 Å². The Morgan fingerprint density at radius 3 is 2.74 bits per heavy atom. The maximum Gasteiger partial charge on any atom is 0.191 e. The van der Waals surface area contributed by atoms with Crippen LogP contribution in [0.1, 0.15) is 19.8 Å². The van der Waals surface area contributed by atoms with Crippen LogP contribution in [-0.4, -0.2) is 46.8 Å². The largest absolute Gasteiger partial charge is 0.368 e. The molecule has 0 spiro atoms. The van der Waals surface area contributed by atoms with Gasteiger partial charge in [0.15, 0.2) is 5.16 Å². The van der Waals surface area contributed by atoms with E-state index in [0.29, 0.717) is 17.0 Å². The number of likely N-dealkylation sites (N-methyl/N-ethyl adjacent to an activating group) is 1. The number of nitrogens with zero attached hydrogens (tertiary/aromatic N) is 3. The van der Waals surface area contributed by atoms with Crippen LogP contribution >= 0.6 is 11.8 Å². The third-order valence-electron chi connectivity index (χ3n) is 3.43. The van der Waals surface area contributed by atoms with Crippen molar-refractivity contribution in [2.75, 3.05) is 30.6 Å².